The molecule has 0 aliphatic heterocycles. The summed E-state index contributed by atoms with van der Waals surface area (Å²) < 4.78 is 0. The van der Waals surface area contributed by atoms with E-state index in [1.807, 2.05) is 13.8 Å². The van der Waals surface area contributed by atoms with Crippen LogP contribution in [0.15, 0.2) is 18.2 Å². The zero-order valence-corrected chi connectivity index (χ0v) is 12.9. The summed E-state index contributed by atoms with van der Waals surface area (Å²) in [5, 5.41) is 9.38. The lowest BCUT2D eigenvalue weighted by molar-refractivity contribution is -0.141. The van der Waals surface area contributed by atoms with E-state index >= 15 is 0 Å². The van der Waals surface area contributed by atoms with E-state index in [0.717, 1.165) is 0 Å². The normalized spacial score (nSPS) is 11.8. The second kappa shape index (κ2) is 7.14. The molecule has 0 saturated carbocycles. The first-order chi connectivity index (χ1) is 9.77. The molecule has 1 N–H and O–H groups in total. The predicted molar refractivity (Wildman–Crippen MR) is 80.7 cm³/mol. The van der Waals surface area contributed by atoms with E-state index in [4.69, 9.17) is 23.1 Å². The fraction of sp³-hybridized carbons (Fsp3) is 0.375. The monoisotopic (exact) mass is 306 g/mol. The largest absolute Gasteiger partial charge is 0.480 e. The van der Waals surface area contributed by atoms with Crippen molar-refractivity contribution in [2.75, 3.05) is 6.54 Å². The zero-order valence-electron chi connectivity index (χ0n) is 12.2. The van der Waals surface area contributed by atoms with Crippen LogP contribution < -0.4 is 0 Å². The minimum absolute atomic E-state index is 0.139. The van der Waals surface area contributed by atoms with Crippen molar-refractivity contribution in [2.45, 2.75) is 26.8 Å². The van der Waals surface area contributed by atoms with Crippen LogP contribution in [0.5, 0.6) is 0 Å². The summed E-state index contributed by atoms with van der Waals surface area (Å²) in [4.78, 5) is 25.0. The Morgan fingerprint density at radius 2 is 2.00 bits per heavy atom. The number of aliphatic carboxylic acids is 1. The third kappa shape index (κ3) is 4.24. The minimum Gasteiger partial charge on any atom is -0.480 e. The quantitative estimate of drug-likeness (QED) is 0.851. The second-order valence-corrected chi connectivity index (χ2v) is 5.59. The number of hydrogen-bond donors (Lipinski definition) is 1. The Morgan fingerprint density at radius 1 is 1.38 bits per heavy atom. The molecule has 1 unspecified atom stereocenters. The van der Waals surface area contributed by atoms with Crippen molar-refractivity contribution < 1.29 is 14.7 Å². The summed E-state index contributed by atoms with van der Waals surface area (Å²) in [6.07, 6.45) is 7.06. The molecule has 4 nitrogen and oxygen atoms in total. The SMILES string of the molecule is [C]#Cc1ccc(C(=O)N(CC(C)C)C(C)C(=O)O)cc1Cl. The Bertz CT molecular complexity index is 590. The van der Waals surface area contributed by atoms with Gasteiger partial charge in [-0.25, -0.2) is 4.79 Å². The molecule has 0 bridgehead atoms. The number of halogens is 1. The fourth-order valence-corrected chi connectivity index (χ4v) is 2.09. The van der Waals surface area contributed by atoms with Gasteiger partial charge in [0.05, 0.1) is 5.02 Å². The highest BCUT2D eigenvalue weighted by molar-refractivity contribution is 6.32. The maximum absolute atomic E-state index is 12.5. The van der Waals surface area contributed by atoms with Crippen molar-refractivity contribution >= 4 is 23.5 Å². The van der Waals surface area contributed by atoms with Crippen LogP contribution >= 0.6 is 11.6 Å². The molecule has 0 saturated heterocycles. The molecule has 1 amide bonds. The summed E-state index contributed by atoms with van der Waals surface area (Å²) in [5.41, 5.74) is 0.683. The van der Waals surface area contributed by atoms with E-state index in [-0.39, 0.29) is 10.9 Å². The van der Waals surface area contributed by atoms with Gasteiger partial charge in [-0.3, -0.25) is 4.79 Å². The van der Waals surface area contributed by atoms with Gasteiger partial charge in [0.1, 0.15) is 6.04 Å². The molecule has 0 aliphatic carbocycles. The molecule has 1 radical (unpaired) electrons. The molecule has 5 heteroatoms. The molecule has 111 valence electrons. The first-order valence-electron chi connectivity index (χ1n) is 6.54. The highest BCUT2D eigenvalue weighted by atomic mass is 35.5. The summed E-state index contributed by atoms with van der Waals surface area (Å²) in [6, 6.07) is 3.55. The predicted octanol–water partition coefficient (Wildman–Crippen LogP) is 2.85. The Labute approximate surface area is 129 Å². The molecule has 0 aromatic heterocycles. The molecule has 0 spiro atoms. The standard InChI is InChI=1S/C16H17ClNO3/c1-5-12-6-7-13(8-14(12)17)15(19)18(9-10(2)3)11(4)16(20)21/h6-8,10-11H,9H2,2-4H3,(H,20,21). The highest BCUT2D eigenvalue weighted by Crippen LogP contribution is 2.19. The summed E-state index contributed by atoms with van der Waals surface area (Å²) in [5.74, 6) is 0.854. The Balaban J connectivity index is 3.13. The number of carbonyl (C=O) groups excluding carboxylic acids is 1. The van der Waals surface area contributed by atoms with Gasteiger partial charge in [0.2, 0.25) is 0 Å². The number of carboxylic acid groups (broad SMARTS) is 1. The van der Waals surface area contributed by atoms with Gasteiger partial charge in [-0.15, -0.1) is 0 Å². The van der Waals surface area contributed by atoms with E-state index in [9.17, 15) is 9.59 Å². The number of benzene rings is 1. The van der Waals surface area contributed by atoms with Gasteiger partial charge in [0.15, 0.2) is 0 Å². The van der Waals surface area contributed by atoms with Crippen LogP contribution in [0.4, 0.5) is 0 Å². The lowest BCUT2D eigenvalue weighted by Crippen LogP contribution is -2.45. The number of amides is 1. The lowest BCUT2D eigenvalue weighted by atomic mass is 10.1. The molecular formula is C16H17ClNO3. The lowest BCUT2D eigenvalue weighted by Gasteiger charge is -2.28. The van der Waals surface area contributed by atoms with Gasteiger partial charge in [0.25, 0.3) is 5.91 Å². The molecule has 1 atom stereocenters. The summed E-state index contributed by atoms with van der Waals surface area (Å²) >= 11 is 5.96. The molecule has 0 heterocycles. The number of carboxylic acids is 1. The average Bonchev–Trinajstić information content (AvgIpc) is 2.42. The van der Waals surface area contributed by atoms with Crippen LogP contribution in [0.3, 0.4) is 0 Å². The van der Waals surface area contributed by atoms with Crippen LogP contribution in [0.1, 0.15) is 36.7 Å². The maximum Gasteiger partial charge on any atom is 0.326 e. The molecule has 21 heavy (non-hydrogen) atoms. The van der Waals surface area contributed by atoms with Gasteiger partial charge in [-0.05, 0) is 37.5 Å². The summed E-state index contributed by atoms with van der Waals surface area (Å²) in [7, 11) is 0. The summed E-state index contributed by atoms with van der Waals surface area (Å²) in [6.45, 7) is 5.64. The third-order valence-electron chi connectivity index (χ3n) is 3.00. The number of nitrogens with zero attached hydrogens (tertiary/aromatic N) is 1. The molecule has 1 rings (SSSR count). The van der Waals surface area contributed by atoms with Gasteiger partial charge in [-0.1, -0.05) is 31.4 Å². The molecule has 0 aliphatic rings. The molecular weight excluding hydrogens is 290 g/mol. The molecule has 1 aromatic rings. The first-order valence-corrected chi connectivity index (χ1v) is 6.91. The Hall–Kier alpha value is -1.99. The van der Waals surface area contributed by atoms with Gasteiger partial charge in [-0.2, -0.15) is 0 Å². The van der Waals surface area contributed by atoms with Crippen molar-refractivity contribution in [3.8, 4) is 5.92 Å². The number of hydrogen-bond acceptors (Lipinski definition) is 2. The van der Waals surface area contributed by atoms with E-state index in [0.29, 0.717) is 17.7 Å². The van der Waals surface area contributed by atoms with Crippen LogP contribution in [-0.4, -0.2) is 34.5 Å². The van der Waals surface area contributed by atoms with E-state index in [2.05, 4.69) is 5.92 Å². The van der Waals surface area contributed by atoms with Crippen molar-refractivity contribution in [3.05, 3.63) is 40.8 Å². The van der Waals surface area contributed by atoms with E-state index in [1.165, 1.54) is 30.0 Å². The van der Waals surface area contributed by atoms with Crippen molar-refractivity contribution in [2.24, 2.45) is 5.92 Å². The Morgan fingerprint density at radius 3 is 2.43 bits per heavy atom. The highest BCUT2D eigenvalue weighted by Gasteiger charge is 2.27. The molecule has 0 fully saturated rings. The average molecular weight is 307 g/mol. The fourth-order valence-electron chi connectivity index (χ4n) is 1.86. The van der Waals surface area contributed by atoms with Gasteiger partial charge < -0.3 is 10.0 Å². The number of carbonyl (C=O) groups is 2. The first kappa shape index (κ1) is 17.1. The van der Waals surface area contributed by atoms with Crippen molar-refractivity contribution in [3.63, 3.8) is 0 Å². The van der Waals surface area contributed by atoms with E-state index in [1.54, 1.807) is 0 Å². The second-order valence-electron chi connectivity index (χ2n) is 5.19. The third-order valence-corrected chi connectivity index (χ3v) is 3.31. The van der Waals surface area contributed by atoms with Gasteiger partial charge in [0, 0.05) is 17.7 Å². The topological polar surface area (TPSA) is 57.6 Å². The van der Waals surface area contributed by atoms with Crippen LogP contribution in [-0.2, 0) is 4.79 Å². The molecule has 1 aromatic carbocycles. The zero-order chi connectivity index (χ0) is 16.2. The number of rotatable bonds is 5. The Kier molecular flexibility index (Phi) is 5.80. The van der Waals surface area contributed by atoms with Crippen LogP contribution in [0.25, 0.3) is 0 Å². The van der Waals surface area contributed by atoms with Crippen LogP contribution in [0.2, 0.25) is 5.02 Å². The maximum atomic E-state index is 12.5. The van der Waals surface area contributed by atoms with Gasteiger partial charge >= 0.3 is 5.97 Å². The van der Waals surface area contributed by atoms with Crippen molar-refractivity contribution in [1.82, 2.24) is 4.90 Å². The van der Waals surface area contributed by atoms with E-state index < -0.39 is 17.9 Å². The van der Waals surface area contributed by atoms with Crippen molar-refractivity contribution in [1.29, 1.82) is 0 Å². The van der Waals surface area contributed by atoms with Crippen LogP contribution in [0, 0.1) is 18.3 Å². The minimum atomic E-state index is -1.06. The smallest absolute Gasteiger partial charge is 0.326 e.